The fraction of sp³-hybridized carbons (Fsp3) is 0.600. The van der Waals surface area contributed by atoms with Gasteiger partial charge in [0.25, 0.3) is 0 Å². The van der Waals surface area contributed by atoms with Gasteiger partial charge in [0.1, 0.15) is 0 Å². The Labute approximate surface area is 114 Å². The van der Waals surface area contributed by atoms with Crippen LogP contribution in [0.3, 0.4) is 0 Å². The van der Waals surface area contributed by atoms with Crippen LogP contribution in [0.5, 0.6) is 0 Å². The monoisotopic (exact) mass is 269 g/mol. The van der Waals surface area contributed by atoms with E-state index in [-0.39, 0.29) is 10.8 Å². The first-order valence-electron chi connectivity index (χ1n) is 6.78. The number of anilines is 1. The first-order valence-corrected chi connectivity index (χ1v) is 7.16. The molecule has 1 fully saturated rings. The van der Waals surface area contributed by atoms with Crippen LogP contribution in [0.2, 0.25) is 5.02 Å². The molecule has 3 heteroatoms. The molecule has 0 spiro atoms. The maximum Gasteiger partial charge on any atom is 0.164 e. The average molecular weight is 270 g/mol. The Bertz CT molecular complexity index is 397. The van der Waals surface area contributed by atoms with Crippen molar-refractivity contribution in [2.24, 2.45) is 11.8 Å². The fourth-order valence-corrected chi connectivity index (χ4v) is 2.94. The molecule has 18 heavy (non-hydrogen) atoms. The molecule has 0 bridgehead atoms. The van der Waals surface area contributed by atoms with E-state index >= 15 is 0 Å². The van der Waals surface area contributed by atoms with Crippen molar-refractivity contribution in [1.82, 2.24) is 0 Å². The van der Waals surface area contributed by atoms with E-state index in [0.29, 0.717) is 11.7 Å². The molecule has 2 rings (SSSR count). The smallest absolute Gasteiger partial charge is 0.164 e. The highest BCUT2D eigenvalue weighted by atomic mass is 35.5. The van der Waals surface area contributed by atoms with Gasteiger partial charge >= 0.3 is 0 Å². The van der Waals surface area contributed by atoms with Crippen molar-refractivity contribution in [3.63, 3.8) is 0 Å². The summed E-state index contributed by atoms with van der Waals surface area (Å²) in [5, 5.41) is 3.48. The highest BCUT2D eigenvalue weighted by Gasteiger charge is 2.23. The lowest BCUT2D eigenvalue weighted by Gasteiger charge is -2.32. The molecule has 1 aromatic rings. The zero-order valence-electron chi connectivity index (χ0n) is 11.0. The van der Waals surface area contributed by atoms with Crippen molar-refractivity contribution in [3.05, 3.63) is 29.0 Å². The third-order valence-corrected chi connectivity index (χ3v) is 4.32. The maximum absolute atomic E-state index is 13.8. The Balaban J connectivity index is 1.94. The van der Waals surface area contributed by atoms with Gasteiger partial charge in [-0.15, -0.1) is 0 Å². The number of rotatable bonds is 3. The van der Waals surface area contributed by atoms with Crippen molar-refractivity contribution in [3.8, 4) is 0 Å². The Morgan fingerprint density at radius 3 is 2.50 bits per heavy atom. The number of benzene rings is 1. The summed E-state index contributed by atoms with van der Waals surface area (Å²) >= 11 is 5.78. The SMILES string of the molecule is CC(C)C1CCC(Nc2cccc(Cl)c2F)CC1. The van der Waals surface area contributed by atoms with Gasteiger partial charge in [-0.3, -0.25) is 0 Å². The maximum atomic E-state index is 13.8. The summed E-state index contributed by atoms with van der Waals surface area (Å²) in [7, 11) is 0. The van der Waals surface area contributed by atoms with Crippen LogP contribution in [0.25, 0.3) is 0 Å². The van der Waals surface area contributed by atoms with Gasteiger partial charge in [-0.2, -0.15) is 0 Å². The highest BCUT2D eigenvalue weighted by Crippen LogP contribution is 2.32. The molecule has 0 atom stereocenters. The van der Waals surface area contributed by atoms with Crippen LogP contribution in [-0.4, -0.2) is 6.04 Å². The van der Waals surface area contributed by atoms with Crippen molar-refractivity contribution < 1.29 is 4.39 Å². The van der Waals surface area contributed by atoms with Crippen molar-refractivity contribution in [1.29, 1.82) is 0 Å². The number of halogens is 2. The lowest BCUT2D eigenvalue weighted by atomic mass is 9.79. The molecule has 0 unspecified atom stereocenters. The van der Waals surface area contributed by atoms with Crippen LogP contribution >= 0.6 is 11.6 Å². The van der Waals surface area contributed by atoms with Gasteiger partial charge in [0.05, 0.1) is 10.7 Å². The van der Waals surface area contributed by atoms with E-state index in [4.69, 9.17) is 11.6 Å². The quantitative estimate of drug-likeness (QED) is 0.804. The zero-order chi connectivity index (χ0) is 13.1. The van der Waals surface area contributed by atoms with E-state index in [9.17, 15) is 4.39 Å². The molecular weight excluding hydrogens is 249 g/mol. The predicted molar refractivity (Wildman–Crippen MR) is 75.6 cm³/mol. The van der Waals surface area contributed by atoms with Crippen molar-refractivity contribution in [2.75, 3.05) is 5.32 Å². The summed E-state index contributed by atoms with van der Waals surface area (Å²) < 4.78 is 13.8. The van der Waals surface area contributed by atoms with Crippen LogP contribution in [0.4, 0.5) is 10.1 Å². The number of hydrogen-bond donors (Lipinski definition) is 1. The fourth-order valence-electron chi connectivity index (χ4n) is 2.77. The minimum atomic E-state index is -0.329. The molecule has 0 aliphatic heterocycles. The minimum absolute atomic E-state index is 0.191. The standard InChI is InChI=1S/C15H21ClFN/c1-10(2)11-6-8-12(9-7-11)18-14-5-3-4-13(16)15(14)17/h3-5,10-12,18H,6-9H2,1-2H3. The molecule has 1 N–H and O–H groups in total. The molecule has 0 saturated heterocycles. The minimum Gasteiger partial charge on any atom is -0.380 e. The second-order valence-electron chi connectivity index (χ2n) is 5.60. The highest BCUT2D eigenvalue weighted by molar-refractivity contribution is 6.31. The zero-order valence-corrected chi connectivity index (χ0v) is 11.8. The predicted octanol–water partition coefficient (Wildman–Crippen LogP) is 5.11. The number of hydrogen-bond acceptors (Lipinski definition) is 1. The summed E-state index contributed by atoms with van der Waals surface area (Å²) in [4.78, 5) is 0. The van der Waals surface area contributed by atoms with Crippen LogP contribution in [0, 0.1) is 17.7 Å². The lowest BCUT2D eigenvalue weighted by molar-refractivity contribution is 0.266. The van der Waals surface area contributed by atoms with E-state index in [1.54, 1.807) is 18.2 Å². The molecule has 1 nitrogen and oxygen atoms in total. The normalized spacial score (nSPS) is 24.3. The second kappa shape index (κ2) is 5.92. The summed E-state index contributed by atoms with van der Waals surface area (Å²) in [6.07, 6.45) is 4.71. The summed E-state index contributed by atoms with van der Waals surface area (Å²) in [6.45, 7) is 4.57. The van der Waals surface area contributed by atoms with Gasteiger partial charge in [0, 0.05) is 6.04 Å². The van der Waals surface area contributed by atoms with Gasteiger partial charge in [-0.25, -0.2) is 4.39 Å². The third kappa shape index (κ3) is 3.17. The molecule has 100 valence electrons. The summed E-state index contributed by atoms with van der Waals surface area (Å²) in [6, 6.07) is 5.51. The molecule has 1 saturated carbocycles. The Kier molecular flexibility index (Phi) is 4.50. The van der Waals surface area contributed by atoms with E-state index < -0.39 is 0 Å². The van der Waals surface area contributed by atoms with Crippen LogP contribution in [0.15, 0.2) is 18.2 Å². The second-order valence-corrected chi connectivity index (χ2v) is 6.01. The molecule has 0 heterocycles. The molecular formula is C15H21ClFN. The van der Waals surface area contributed by atoms with Gasteiger partial charge in [-0.05, 0) is 49.7 Å². The molecule has 0 aromatic heterocycles. The van der Waals surface area contributed by atoms with Gasteiger partial charge in [-0.1, -0.05) is 31.5 Å². The molecule has 0 radical (unpaired) electrons. The number of nitrogens with one attached hydrogen (secondary N) is 1. The first-order chi connectivity index (χ1) is 8.58. The topological polar surface area (TPSA) is 12.0 Å². The molecule has 0 amide bonds. The van der Waals surface area contributed by atoms with Gasteiger partial charge in [0.15, 0.2) is 5.82 Å². The Morgan fingerprint density at radius 2 is 1.89 bits per heavy atom. The van der Waals surface area contributed by atoms with Crippen LogP contribution < -0.4 is 5.32 Å². The van der Waals surface area contributed by atoms with Crippen molar-refractivity contribution >= 4 is 17.3 Å². The molecule has 1 aromatic carbocycles. The van der Waals surface area contributed by atoms with E-state index in [1.165, 1.54) is 12.8 Å². The molecule has 1 aliphatic rings. The van der Waals surface area contributed by atoms with Crippen LogP contribution in [-0.2, 0) is 0 Å². The van der Waals surface area contributed by atoms with Crippen molar-refractivity contribution in [2.45, 2.75) is 45.6 Å². The van der Waals surface area contributed by atoms with Crippen LogP contribution in [0.1, 0.15) is 39.5 Å². The Morgan fingerprint density at radius 1 is 1.22 bits per heavy atom. The largest absolute Gasteiger partial charge is 0.380 e. The average Bonchev–Trinajstić information content (AvgIpc) is 2.36. The van der Waals surface area contributed by atoms with Gasteiger partial charge in [0.2, 0.25) is 0 Å². The first kappa shape index (κ1) is 13.7. The summed E-state index contributed by atoms with van der Waals surface area (Å²) in [5.74, 6) is 1.26. The van der Waals surface area contributed by atoms with E-state index in [1.807, 2.05) is 0 Å². The lowest BCUT2D eigenvalue weighted by Crippen LogP contribution is -2.28. The third-order valence-electron chi connectivity index (χ3n) is 4.03. The van der Waals surface area contributed by atoms with E-state index in [2.05, 4.69) is 19.2 Å². The van der Waals surface area contributed by atoms with E-state index in [0.717, 1.165) is 24.7 Å². The molecule has 1 aliphatic carbocycles. The van der Waals surface area contributed by atoms with Gasteiger partial charge < -0.3 is 5.32 Å². The Hall–Kier alpha value is -0.760. The summed E-state index contributed by atoms with van der Waals surface area (Å²) in [5.41, 5.74) is 0.537.